The summed E-state index contributed by atoms with van der Waals surface area (Å²) < 4.78 is 23.4. The Labute approximate surface area is 120 Å². The Morgan fingerprint density at radius 3 is 2.48 bits per heavy atom. The highest BCUT2D eigenvalue weighted by atomic mass is 32.2. The lowest BCUT2D eigenvalue weighted by Gasteiger charge is -2.11. The molecule has 0 radical (unpaired) electrons. The molecule has 9 nitrogen and oxygen atoms in total. The van der Waals surface area contributed by atoms with Crippen molar-refractivity contribution in [3.05, 3.63) is 38.4 Å². The van der Waals surface area contributed by atoms with Crippen LogP contribution in [0.4, 0.5) is 17.1 Å². The second kappa shape index (κ2) is 5.64. The van der Waals surface area contributed by atoms with E-state index < -0.39 is 30.6 Å². The Morgan fingerprint density at radius 2 is 1.95 bits per heavy atom. The number of non-ortho nitro benzene ring substituents is 1. The van der Waals surface area contributed by atoms with E-state index in [4.69, 9.17) is 0 Å². The van der Waals surface area contributed by atoms with Gasteiger partial charge in [0.05, 0.1) is 26.9 Å². The smallest absolute Gasteiger partial charge is 0.299 e. The molecule has 0 spiro atoms. The standard InChI is InChI=1S/C11H13N3O6S/c15-13(16)8-3-4-10(11(6-8)14(17)18)12-7-9-2-1-5-21(9,19)20/h3-4,6,9,12H,1-2,5,7H2. The lowest BCUT2D eigenvalue weighted by molar-refractivity contribution is -0.393. The summed E-state index contributed by atoms with van der Waals surface area (Å²) in [6.45, 7) is 0.0565. The van der Waals surface area contributed by atoms with Gasteiger partial charge < -0.3 is 5.32 Å². The number of rotatable bonds is 5. The van der Waals surface area contributed by atoms with Crippen LogP contribution >= 0.6 is 0 Å². The number of hydrogen-bond acceptors (Lipinski definition) is 7. The number of sulfone groups is 1. The molecule has 1 atom stereocenters. The summed E-state index contributed by atoms with van der Waals surface area (Å²) in [5.41, 5.74) is -0.756. The van der Waals surface area contributed by atoms with E-state index in [1.54, 1.807) is 0 Å². The second-order valence-electron chi connectivity index (χ2n) is 4.73. The molecular formula is C11H13N3O6S. The second-order valence-corrected chi connectivity index (χ2v) is 7.13. The van der Waals surface area contributed by atoms with Crippen molar-refractivity contribution in [2.45, 2.75) is 18.1 Å². The molecule has 1 heterocycles. The third-order valence-electron chi connectivity index (χ3n) is 3.37. The van der Waals surface area contributed by atoms with Gasteiger partial charge in [-0.2, -0.15) is 0 Å². The predicted octanol–water partition coefficient (Wildman–Crippen LogP) is 1.49. The third kappa shape index (κ3) is 3.27. The molecular weight excluding hydrogens is 302 g/mol. The van der Waals surface area contributed by atoms with Crippen molar-refractivity contribution < 1.29 is 18.3 Å². The highest BCUT2D eigenvalue weighted by Gasteiger charge is 2.31. The molecule has 1 aromatic carbocycles. The Hall–Kier alpha value is -2.23. The van der Waals surface area contributed by atoms with Crippen LogP contribution in [0.1, 0.15) is 12.8 Å². The monoisotopic (exact) mass is 315 g/mol. The molecule has 1 saturated heterocycles. The van der Waals surface area contributed by atoms with Gasteiger partial charge >= 0.3 is 0 Å². The predicted molar refractivity (Wildman–Crippen MR) is 75.0 cm³/mol. The molecule has 21 heavy (non-hydrogen) atoms. The maximum Gasteiger partial charge on any atom is 0.299 e. The molecule has 1 aromatic rings. The van der Waals surface area contributed by atoms with Gasteiger partial charge in [0.2, 0.25) is 0 Å². The van der Waals surface area contributed by atoms with Crippen LogP contribution in [0.2, 0.25) is 0 Å². The number of hydrogen-bond donors (Lipinski definition) is 1. The molecule has 0 saturated carbocycles. The van der Waals surface area contributed by atoms with Crippen LogP contribution in [-0.4, -0.2) is 35.8 Å². The molecule has 0 bridgehead atoms. The Balaban J connectivity index is 2.20. The fourth-order valence-electron chi connectivity index (χ4n) is 2.25. The highest BCUT2D eigenvalue weighted by molar-refractivity contribution is 7.92. The highest BCUT2D eigenvalue weighted by Crippen LogP contribution is 2.29. The fraction of sp³-hybridized carbons (Fsp3) is 0.455. The van der Waals surface area contributed by atoms with Gasteiger partial charge in [-0.15, -0.1) is 0 Å². The summed E-state index contributed by atoms with van der Waals surface area (Å²) >= 11 is 0. The summed E-state index contributed by atoms with van der Waals surface area (Å²) in [5, 5.41) is 23.7. The first-order valence-electron chi connectivity index (χ1n) is 6.19. The van der Waals surface area contributed by atoms with Gasteiger partial charge in [-0.05, 0) is 18.9 Å². The van der Waals surface area contributed by atoms with Crippen LogP contribution in [0.5, 0.6) is 0 Å². The molecule has 10 heteroatoms. The average molecular weight is 315 g/mol. The molecule has 1 N–H and O–H groups in total. The van der Waals surface area contributed by atoms with Crippen LogP contribution in [0, 0.1) is 20.2 Å². The summed E-state index contributed by atoms with van der Waals surface area (Å²) in [4.78, 5) is 20.1. The third-order valence-corrected chi connectivity index (χ3v) is 5.65. The van der Waals surface area contributed by atoms with E-state index in [0.29, 0.717) is 12.8 Å². The topological polar surface area (TPSA) is 132 Å². The van der Waals surface area contributed by atoms with Gasteiger partial charge in [0.1, 0.15) is 5.69 Å². The molecule has 1 aliphatic heterocycles. The zero-order chi connectivity index (χ0) is 15.6. The zero-order valence-corrected chi connectivity index (χ0v) is 11.7. The molecule has 0 aliphatic carbocycles. The van der Waals surface area contributed by atoms with Crippen molar-refractivity contribution in [2.75, 3.05) is 17.6 Å². The number of nitro benzene ring substituents is 2. The molecule has 0 amide bonds. The van der Waals surface area contributed by atoms with E-state index in [1.807, 2.05) is 0 Å². The van der Waals surface area contributed by atoms with Crippen molar-refractivity contribution >= 4 is 26.9 Å². The summed E-state index contributed by atoms with van der Waals surface area (Å²) in [6, 6.07) is 3.21. The summed E-state index contributed by atoms with van der Waals surface area (Å²) in [5.74, 6) is 0.127. The number of anilines is 1. The summed E-state index contributed by atoms with van der Waals surface area (Å²) in [7, 11) is -3.15. The van der Waals surface area contributed by atoms with E-state index in [9.17, 15) is 28.6 Å². The van der Waals surface area contributed by atoms with Crippen LogP contribution in [-0.2, 0) is 9.84 Å². The number of nitro groups is 2. The lowest BCUT2D eigenvalue weighted by Crippen LogP contribution is -2.25. The number of nitrogens with zero attached hydrogens (tertiary/aromatic N) is 2. The molecule has 114 valence electrons. The molecule has 0 aromatic heterocycles. The van der Waals surface area contributed by atoms with Gasteiger partial charge in [0.15, 0.2) is 9.84 Å². The minimum Gasteiger partial charge on any atom is -0.378 e. The minimum absolute atomic E-state index is 0.0565. The number of nitrogens with one attached hydrogen (secondary N) is 1. The maximum absolute atomic E-state index is 11.7. The van der Waals surface area contributed by atoms with Crippen molar-refractivity contribution in [3.8, 4) is 0 Å². The fourth-order valence-corrected chi connectivity index (χ4v) is 4.01. The Morgan fingerprint density at radius 1 is 1.24 bits per heavy atom. The molecule has 1 aliphatic rings. The van der Waals surface area contributed by atoms with E-state index in [-0.39, 0.29) is 23.7 Å². The van der Waals surface area contributed by atoms with E-state index in [2.05, 4.69) is 5.32 Å². The van der Waals surface area contributed by atoms with Crippen LogP contribution in [0.3, 0.4) is 0 Å². The Bertz CT molecular complexity index is 687. The van der Waals surface area contributed by atoms with Crippen molar-refractivity contribution in [3.63, 3.8) is 0 Å². The van der Waals surface area contributed by atoms with Gasteiger partial charge in [-0.25, -0.2) is 8.42 Å². The van der Waals surface area contributed by atoms with Gasteiger partial charge in [-0.1, -0.05) is 0 Å². The van der Waals surface area contributed by atoms with Crippen molar-refractivity contribution in [2.24, 2.45) is 0 Å². The quantitative estimate of drug-likeness (QED) is 0.642. The normalized spacial score (nSPS) is 20.1. The van der Waals surface area contributed by atoms with Gasteiger partial charge in [0.25, 0.3) is 11.4 Å². The van der Waals surface area contributed by atoms with E-state index in [1.165, 1.54) is 6.07 Å². The van der Waals surface area contributed by atoms with Crippen LogP contribution in [0.15, 0.2) is 18.2 Å². The molecule has 1 fully saturated rings. The van der Waals surface area contributed by atoms with Gasteiger partial charge in [0, 0.05) is 12.6 Å². The lowest BCUT2D eigenvalue weighted by atomic mass is 10.2. The molecule has 2 rings (SSSR count). The van der Waals surface area contributed by atoms with Gasteiger partial charge in [-0.3, -0.25) is 20.2 Å². The first kappa shape index (κ1) is 15.2. The van der Waals surface area contributed by atoms with Crippen molar-refractivity contribution in [1.82, 2.24) is 0 Å². The average Bonchev–Trinajstić information content (AvgIpc) is 2.74. The molecule has 1 unspecified atom stereocenters. The first-order valence-corrected chi connectivity index (χ1v) is 7.91. The zero-order valence-electron chi connectivity index (χ0n) is 10.9. The van der Waals surface area contributed by atoms with E-state index >= 15 is 0 Å². The largest absolute Gasteiger partial charge is 0.378 e. The summed E-state index contributed by atoms with van der Waals surface area (Å²) in [6.07, 6.45) is 1.09. The number of benzene rings is 1. The van der Waals surface area contributed by atoms with Crippen molar-refractivity contribution in [1.29, 1.82) is 0 Å². The first-order chi connectivity index (χ1) is 9.81. The minimum atomic E-state index is -3.15. The van der Waals surface area contributed by atoms with E-state index in [0.717, 1.165) is 12.1 Å². The van der Waals surface area contributed by atoms with Crippen LogP contribution < -0.4 is 5.32 Å². The SMILES string of the molecule is O=[N+]([O-])c1ccc(NCC2CCCS2(=O)=O)c([N+](=O)[O-])c1. The Kier molecular flexibility index (Phi) is 4.07. The van der Waals surface area contributed by atoms with Crippen LogP contribution in [0.25, 0.3) is 0 Å². The maximum atomic E-state index is 11.7.